The second-order valence-corrected chi connectivity index (χ2v) is 5.20. The van der Waals surface area contributed by atoms with Crippen molar-refractivity contribution in [2.24, 2.45) is 0 Å². The second-order valence-electron chi connectivity index (χ2n) is 3.04. The van der Waals surface area contributed by atoms with Crippen LogP contribution in [0.5, 0.6) is 0 Å². The van der Waals surface area contributed by atoms with Gasteiger partial charge in [0, 0.05) is 18.4 Å². The lowest BCUT2D eigenvalue weighted by molar-refractivity contribution is -0.0867. The van der Waals surface area contributed by atoms with Crippen LogP contribution in [0.15, 0.2) is 30.3 Å². The van der Waals surface area contributed by atoms with E-state index in [9.17, 15) is 13.2 Å². The molecular formula is C10H9ClF3S+. The minimum Gasteiger partial charge on any atom is -0.147 e. The average Bonchev–Trinajstić information content (AvgIpc) is 2.38. The van der Waals surface area contributed by atoms with Gasteiger partial charge in [0.1, 0.15) is 0 Å². The first-order valence-electron chi connectivity index (χ1n) is 4.08. The summed E-state index contributed by atoms with van der Waals surface area (Å²) in [6.45, 7) is 1.54. The molecule has 1 unspecified atom stereocenters. The number of hydrogen-bond donors (Lipinski definition) is 0. The molecule has 15 heavy (non-hydrogen) atoms. The molecule has 5 heteroatoms. The van der Waals surface area contributed by atoms with E-state index in [1.54, 1.807) is 30.3 Å². The summed E-state index contributed by atoms with van der Waals surface area (Å²) in [7, 11) is -1.70. The van der Waals surface area contributed by atoms with Gasteiger partial charge in [0.15, 0.2) is 9.58 Å². The molecule has 0 nitrogen and oxygen atoms in total. The van der Waals surface area contributed by atoms with Gasteiger partial charge in [-0.25, -0.2) is 0 Å². The smallest absolute Gasteiger partial charge is 0.147 e. The van der Waals surface area contributed by atoms with E-state index >= 15 is 0 Å². The van der Waals surface area contributed by atoms with Gasteiger partial charge in [-0.05, 0) is 12.1 Å². The van der Waals surface area contributed by atoms with Crippen molar-refractivity contribution in [1.82, 2.24) is 0 Å². The predicted molar refractivity (Wildman–Crippen MR) is 59.7 cm³/mol. The monoisotopic (exact) mass is 253 g/mol. The molecule has 82 valence electrons. The zero-order chi connectivity index (χ0) is 10.3. The molecule has 0 bridgehead atoms. The van der Waals surface area contributed by atoms with Gasteiger partial charge in [-0.1, -0.05) is 12.1 Å². The fraction of sp³-hybridized carbons (Fsp3) is 0.200. The largest absolute Gasteiger partial charge is 0.600 e. The third kappa shape index (κ3) is 2.11. The molecule has 2 rings (SSSR count). The summed E-state index contributed by atoms with van der Waals surface area (Å²) >= 11 is 0. The first kappa shape index (κ1) is 12.3. The Hall–Kier alpha value is -0.740. The highest BCUT2D eigenvalue weighted by Crippen LogP contribution is 2.50. The Labute approximate surface area is 94.1 Å². The maximum atomic E-state index is 12.7. The molecule has 1 aromatic carbocycles. The van der Waals surface area contributed by atoms with E-state index < -0.39 is 16.0 Å². The highest BCUT2D eigenvalue weighted by atomic mass is 35.5. The van der Waals surface area contributed by atoms with Crippen LogP contribution in [0.25, 0.3) is 10.1 Å². The van der Waals surface area contributed by atoms with Crippen LogP contribution in [0, 0.1) is 6.92 Å². The van der Waals surface area contributed by atoms with Crippen LogP contribution < -0.4 is 0 Å². The molecule has 0 N–H and O–H groups in total. The fourth-order valence-corrected chi connectivity index (χ4v) is 3.33. The van der Waals surface area contributed by atoms with E-state index in [4.69, 9.17) is 0 Å². The van der Waals surface area contributed by atoms with Crippen LogP contribution in [0.3, 0.4) is 0 Å². The molecule has 0 fully saturated rings. The molecule has 1 heterocycles. The van der Waals surface area contributed by atoms with E-state index in [0.717, 1.165) is 0 Å². The summed E-state index contributed by atoms with van der Waals surface area (Å²) in [5.74, 6) is 0. The number of halogens is 4. The zero-order valence-corrected chi connectivity index (χ0v) is 9.47. The number of thiophene rings is 1. The lowest BCUT2D eigenvalue weighted by atomic mass is 10.2. The average molecular weight is 254 g/mol. The molecule has 0 amide bonds. The van der Waals surface area contributed by atoms with Crippen molar-refractivity contribution in [2.45, 2.75) is 12.4 Å². The molecular weight excluding hydrogens is 245 g/mol. The maximum absolute atomic E-state index is 12.7. The Morgan fingerprint density at radius 3 is 2.33 bits per heavy atom. The third-order valence-electron chi connectivity index (χ3n) is 2.05. The van der Waals surface area contributed by atoms with Gasteiger partial charge in [-0.2, -0.15) is 0 Å². The molecule has 0 radical (unpaired) electrons. The lowest BCUT2D eigenvalue weighted by Gasteiger charge is -1.96. The normalized spacial score (nSPS) is 12.7. The van der Waals surface area contributed by atoms with Crippen molar-refractivity contribution in [3.63, 3.8) is 0 Å². The Morgan fingerprint density at radius 1 is 1.13 bits per heavy atom. The van der Waals surface area contributed by atoms with E-state index in [2.05, 4.69) is 0 Å². The second kappa shape index (κ2) is 4.02. The summed E-state index contributed by atoms with van der Waals surface area (Å²) in [4.78, 5) is 0.402. The Morgan fingerprint density at radius 2 is 1.73 bits per heavy atom. The molecule has 0 spiro atoms. The summed E-state index contributed by atoms with van der Waals surface area (Å²) in [6, 6.07) is 8.30. The molecule has 0 saturated carbocycles. The topological polar surface area (TPSA) is 0 Å². The van der Waals surface area contributed by atoms with E-state index in [1.165, 1.54) is 6.92 Å². The van der Waals surface area contributed by atoms with Gasteiger partial charge in [0.05, 0.1) is 10.5 Å². The molecule has 0 aliphatic heterocycles. The van der Waals surface area contributed by atoms with Crippen LogP contribution in [-0.4, -0.2) is 0 Å². The molecule has 0 aliphatic carbocycles. The summed E-state index contributed by atoms with van der Waals surface area (Å²) < 4.78 is 38.4. The van der Waals surface area contributed by atoms with E-state index in [1.807, 2.05) is 0 Å². The van der Waals surface area contributed by atoms with Crippen LogP contribution in [0.4, 0.5) is 13.2 Å². The Balaban J connectivity index is 0.00000112. The highest BCUT2D eigenvalue weighted by Gasteiger charge is 2.46. The van der Waals surface area contributed by atoms with Crippen LogP contribution in [-0.2, 0) is 5.51 Å². The van der Waals surface area contributed by atoms with Gasteiger partial charge in [0.25, 0.3) is 0 Å². The number of rotatable bonds is 0. The van der Waals surface area contributed by atoms with Gasteiger partial charge in [-0.15, -0.1) is 25.6 Å². The number of aryl methyl sites for hydroxylation is 1. The quantitative estimate of drug-likeness (QED) is 0.592. The first-order valence-corrected chi connectivity index (χ1v) is 5.31. The minimum atomic E-state index is -4.15. The van der Waals surface area contributed by atoms with Gasteiger partial charge in [-0.3, -0.25) is 0 Å². The van der Waals surface area contributed by atoms with Crippen LogP contribution in [0.2, 0.25) is 0 Å². The van der Waals surface area contributed by atoms with Crippen molar-refractivity contribution in [3.8, 4) is 0 Å². The van der Waals surface area contributed by atoms with Crippen molar-refractivity contribution < 1.29 is 13.2 Å². The van der Waals surface area contributed by atoms with Gasteiger partial charge < -0.3 is 0 Å². The molecule has 2 aromatic rings. The summed E-state index contributed by atoms with van der Waals surface area (Å²) in [5.41, 5.74) is -4.15. The number of fused-ring (bicyclic) bond motifs is 1. The molecule has 1 atom stereocenters. The van der Waals surface area contributed by atoms with Crippen molar-refractivity contribution >= 4 is 33.0 Å². The lowest BCUT2D eigenvalue weighted by Crippen LogP contribution is -1.95. The highest BCUT2D eigenvalue weighted by molar-refractivity contribution is 7.38. The van der Waals surface area contributed by atoms with Crippen molar-refractivity contribution in [3.05, 3.63) is 35.2 Å². The van der Waals surface area contributed by atoms with E-state index in [0.29, 0.717) is 15.0 Å². The number of alkyl halides is 3. The number of hydrogen-bond acceptors (Lipinski definition) is 0. The molecule has 0 saturated heterocycles. The SMILES string of the molecule is Cc1cc2ccccc2[s+]1C(F)(F)F.Cl. The molecule has 0 aliphatic rings. The fourth-order valence-electron chi connectivity index (χ4n) is 1.54. The van der Waals surface area contributed by atoms with Crippen molar-refractivity contribution in [1.29, 1.82) is 0 Å². The minimum absolute atomic E-state index is 0. The standard InChI is InChI=1S/C10H8F3S.ClH/c1-7-6-8-4-2-3-5-9(8)14(7)10(11,12)13;/h2-6H,1H3;1H/q+1;. The summed E-state index contributed by atoms with van der Waals surface area (Å²) in [6.07, 6.45) is 0. The number of benzene rings is 1. The van der Waals surface area contributed by atoms with Gasteiger partial charge in [0.2, 0.25) is 0 Å². The van der Waals surface area contributed by atoms with Gasteiger partial charge >= 0.3 is 5.51 Å². The van der Waals surface area contributed by atoms with Crippen molar-refractivity contribution in [2.75, 3.05) is 0 Å². The van der Waals surface area contributed by atoms with Crippen LogP contribution >= 0.6 is 22.9 Å². The molecule has 1 aromatic heterocycles. The first-order chi connectivity index (χ1) is 6.50. The Kier molecular flexibility index (Phi) is 3.31. The van der Waals surface area contributed by atoms with Crippen LogP contribution in [0.1, 0.15) is 4.88 Å². The third-order valence-corrected chi connectivity index (χ3v) is 4.09. The Bertz CT molecular complexity index is 473. The summed E-state index contributed by atoms with van der Waals surface area (Å²) in [5, 5.41) is 0.700. The van der Waals surface area contributed by atoms with E-state index in [-0.39, 0.29) is 12.4 Å². The zero-order valence-electron chi connectivity index (χ0n) is 7.84. The predicted octanol–water partition coefficient (Wildman–Crippen LogP) is 4.80. The maximum Gasteiger partial charge on any atom is 0.600 e.